The van der Waals surface area contributed by atoms with E-state index in [1.54, 1.807) is 7.11 Å². The SMILES string of the molecule is CCCN1CCC(NCC(C)OC)CC1. The van der Waals surface area contributed by atoms with Crippen LogP contribution in [0.2, 0.25) is 0 Å². The van der Waals surface area contributed by atoms with Crippen LogP contribution >= 0.6 is 0 Å². The van der Waals surface area contributed by atoms with Gasteiger partial charge in [0, 0.05) is 19.7 Å². The number of hydrogen-bond donors (Lipinski definition) is 1. The molecule has 1 aliphatic rings. The van der Waals surface area contributed by atoms with E-state index in [2.05, 4.69) is 24.1 Å². The zero-order chi connectivity index (χ0) is 11.1. The predicted molar refractivity (Wildman–Crippen MR) is 64.2 cm³/mol. The molecule has 0 spiro atoms. The molecule has 1 unspecified atom stereocenters. The Morgan fingerprint density at radius 3 is 2.60 bits per heavy atom. The second-order valence-electron chi connectivity index (χ2n) is 4.57. The Morgan fingerprint density at radius 2 is 2.07 bits per heavy atom. The molecule has 1 rings (SSSR count). The highest BCUT2D eigenvalue weighted by Gasteiger charge is 2.18. The molecule has 0 aromatic rings. The zero-order valence-corrected chi connectivity index (χ0v) is 10.5. The van der Waals surface area contributed by atoms with E-state index >= 15 is 0 Å². The second-order valence-corrected chi connectivity index (χ2v) is 4.57. The highest BCUT2D eigenvalue weighted by atomic mass is 16.5. The maximum atomic E-state index is 5.23. The molecular formula is C12H26N2O. The topological polar surface area (TPSA) is 24.5 Å². The first-order valence-electron chi connectivity index (χ1n) is 6.24. The number of methoxy groups -OCH3 is 1. The van der Waals surface area contributed by atoms with Gasteiger partial charge in [-0.25, -0.2) is 0 Å². The molecule has 1 N–H and O–H groups in total. The third-order valence-electron chi connectivity index (χ3n) is 3.22. The Labute approximate surface area is 94.2 Å². The number of nitrogens with one attached hydrogen (secondary N) is 1. The van der Waals surface area contributed by atoms with Crippen LogP contribution in [0, 0.1) is 0 Å². The molecule has 1 aliphatic heterocycles. The first-order chi connectivity index (χ1) is 7.26. The highest BCUT2D eigenvalue weighted by Crippen LogP contribution is 2.10. The largest absolute Gasteiger partial charge is 0.380 e. The first-order valence-corrected chi connectivity index (χ1v) is 6.24. The first kappa shape index (κ1) is 12.9. The van der Waals surface area contributed by atoms with Crippen molar-refractivity contribution in [1.29, 1.82) is 0 Å². The Kier molecular flexibility index (Phi) is 6.22. The van der Waals surface area contributed by atoms with Crippen molar-refractivity contribution in [3.05, 3.63) is 0 Å². The lowest BCUT2D eigenvalue weighted by molar-refractivity contribution is 0.108. The van der Waals surface area contributed by atoms with Crippen LogP contribution in [0.3, 0.4) is 0 Å². The summed E-state index contributed by atoms with van der Waals surface area (Å²) >= 11 is 0. The number of piperidine rings is 1. The van der Waals surface area contributed by atoms with E-state index < -0.39 is 0 Å². The lowest BCUT2D eigenvalue weighted by atomic mass is 10.0. The van der Waals surface area contributed by atoms with Crippen LogP contribution in [0.25, 0.3) is 0 Å². The standard InChI is InChI=1S/C12H26N2O/c1-4-7-14-8-5-12(6-9-14)13-10-11(2)15-3/h11-13H,4-10H2,1-3H3. The van der Waals surface area contributed by atoms with Crippen LogP contribution in [-0.4, -0.2) is 50.3 Å². The smallest absolute Gasteiger partial charge is 0.0667 e. The van der Waals surface area contributed by atoms with Crippen molar-refractivity contribution in [2.24, 2.45) is 0 Å². The van der Waals surface area contributed by atoms with E-state index in [9.17, 15) is 0 Å². The lowest BCUT2D eigenvalue weighted by Crippen LogP contribution is -2.44. The number of hydrogen-bond acceptors (Lipinski definition) is 3. The van der Waals surface area contributed by atoms with Gasteiger partial charge >= 0.3 is 0 Å². The van der Waals surface area contributed by atoms with Crippen LogP contribution in [0.5, 0.6) is 0 Å². The second kappa shape index (κ2) is 7.20. The molecule has 15 heavy (non-hydrogen) atoms. The molecule has 1 saturated heterocycles. The minimum Gasteiger partial charge on any atom is -0.380 e. The van der Waals surface area contributed by atoms with Crippen LogP contribution in [0.1, 0.15) is 33.1 Å². The van der Waals surface area contributed by atoms with Crippen molar-refractivity contribution < 1.29 is 4.74 Å². The van der Waals surface area contributed by atoms with Gasteiger partial charge < -0.3 is 15.0 Å². The summed E-state index contributed by atoms with van der Waals surface area (Å²) in [4.78, 5) is 2.57. The molecule has 1 fully saturated rings. The zero-order valence-electron chi connectivity index (χ0n) is 10.5. The molecule has 0 amide bonds. The van der Waals surface area contributed by atoms with Gasteiger partial charge in [-0.05, 0) is 45.8 Å². The molecule has 0 aliphatic carbocycles. The maximum absolute atomic E-state index is 5.23. The number of likely N-dealkylation sites (tertiary alicyclic amines) is 1. The van der Waals surface area contributed by atoms with Crippen LogP contribution in [-0.2, 0) is 4.74 Å². The third kappa shape index (κ3) is 4.96. The molecule has 0 aromatic carbocycles. The molecular weight excluding hydrogens is 188 g/mol. The van der Waals surface area contributed by atoms with Crippen molar-refractivity contribution >= 4 is 0 Å². The van der Waals surface area contributed by atoms with Crippen LogP contribution in [0.15, 0.2) is 0 Å². The van der Waals surface area contributed by atoms with Crippen molar-refractivity contribution in [3.8, 4) is 0 Å². The molecule has 0 aromatic heterocycles. The molecule has 3 nitrogen and oxygen atoms in total. The van der Waals surface area contributed by atoms with Crippen molar-refractivity contribution in [2.45, 2.75) is 45.3 Å². The number of nitrogens with zero attached hydrogens (tertiary/aromatic N) is 1. The van der Waals surface area contributed by atoms with Gasteiger partial charge in [0.2, 0.25) is 0 Å². The Balaban J connectivity index is 2.09. The predicted octanol–water partition coefficient (Wildman–Crippen LogP) is 1.49. The molecule has 1 heterocycles. The van der Waals surface area contributed by atoms with Crippen molar-refractivity contribution in [2.75, 3.05) is 33.3 Å². The minimum absolute atomic E-state index is 0.332. The summed E-state index contributed by atoms with van der Waals surface area (Å²) in [5.74, 6) is 0. The highest BCUT2D eigenvalue weighted by molar-refractivity contribution is 4.77. The molecule has 3 heteroatoms. The quantitative estimate of drug-likeness (QED) is 0.725. The van der Waals surface area contributed by atoms with Gasteiger partial charge in [0.15, 0.2) is 0 Å². The van der Waals surface area contributed by atoms with Gasteiger partial charge in [-0.2, -0.15) is 0 Å². The average Bonchev–Trinajstić information content (AvgIpc) is 2.28. The summed E-state index contributed by atoms with van der Waals surface area (Å²) in [5, 5.41) is 3.58. The van der Waals surface area contributed by atoms with Gasteiger partial charge in [0.25, 0.3) is 0 Å². The van der Waals surface area contributed by atoms with E-state index in [1.807, 2.05) is 0 Å². The van der Waals surface area contributed by atoms with Crippen LogP contribution in [0.4, 0.5) is 0 Å². The third-order valence-corrected chi connectivity index (χ3v) is 3.22. The Bertz CT molecular complexity index is 156. The molecule has 0 bridgehead atoms. The number of rotatable bonds is 6. The van der Waals surface area contributed by atoms with Crippen molar-refractivity contribution in [3.63, 3.8) is 0 Å². The maximum Gasteiger partial charge on any atom is 0.0667 e. The van der Waals surface area contributed by atoms with E-state index in [1.165, 1.54) is 38.9 Å². The van der Waals surface area contributed by atoms with E-state index in [0.717, 1.165) is 6.54 Å². The summed E-state index contributed by atoms with van der Waals surface area (Å²) in [5.41, 5.74) is 0. The summed E-state index contributed by atoms with van der Waals surface area (Å²) in [6, 6.07) is 0.704. The summed E-state index contributed by atoms with van der Waals surface area (Å²) in [6.07, 6.45) is 4.18. The van der Waals surface area contributed by atoms with Crippen LogP contribution < -0.4 is 5.32 Å². The van der Waals surface area contributed by atoms with E-state index in [-0.39, 0.29) is 0 Å². The molecule has 0 saturated carbocycles. The van der Waals surface area contributed by atoms with Gasteiger partial charge in [0.1, 0.15) is 0 Å². The Hall–Kier alpha value is -0.120. The van der Waals surface area contributed by atoms with Gasteiger partial charge in [-0.1, -0.05) is 6.92 Å². The van der Waals surface area contributed by atoms with Crippen molar-refractivity contribution in [1.82, 2.24) is 10.2 Å². The van der Waals surface area contributed by atoms with E-state index in [0.29, 0.717) is 12.1 Å². The fourth-order valence-corrected chi connectivity index (χ4v) is 2.09. The normalized spacial score (nSPS) is 21.8. The van der Waals surface area contributed by atoms with E-state index in [4.69, 9.17) is 4.74 Å². The van der Waals surface area contributed by atoms with Gasteiger partial charge in [-0.3, -0.25) is 0 Å². The van der Waals surface area contributed by atoms with Gasteiger partial charge in [-0.15, -0.1) is 0 Å². The molecule has 1 atom stereocenters. The fraction of sp³-hybridized carbons (Fsp3) is 1.00. The van der Waals surface area contributed by atoms with Gasteiger partial charge in [0.05, 0.1) is 6.10 Å². The number of ether oxygens (including phenoxy) is 1. The summed E-state index contributed by atoms with van der Waals surface area (Å²) in [6.45, 7) is 9.12. The molecule has 90 valence electrons. The lowest BCUT2D eigenvalue weighted by Gasteiger charge is -2.32. The average molecular weight is 214 g/mol. The summed E-state index contributed by atoms with van der Waals surface area (Å²) < 4.78 is 5.23. The monoisotopic (exact) mass is 214 g/mol. The Morgan fingerprint density at radius 1 is 1.40 bits per heavy atom. The molecule has 0 radical (unpaired) electrons. The summed E-state index contributed by atoms with van der Waals surface area (Å²) in [7, 11) is 1.77. The minimum atomic E-state index is 0.332. The fourth-order valence-electron chi connectivity index (χ4n) is 2.09.